The van der Waals surface area contributed by atoms with E-state index in [2.05, 4.69) is 10.0 Å². The quantitative estimate of drug-likeness (QED) is 0.267. The molecule has 1 unspecified atom stereocenters. The zero-order valence-electron chi connectivity index (χ0n) is 6.88. The van der Waals surface area contributed by atoms with E-state index in [0.29, 0.717) is 6.42 Å². The lowest BCUT2D eigenvalue weighted by atomic mass is 9.96. The minimum atomic E-state index is -0.297. The third-order valence-electron chi connectivity index (χ3n) is 1.86. The lowest BCUT2D eigenvalue weighted by Gasteiger charge is -2.13. The van der Waals surface area contributed by atoms with Gasteiger partial charge in [-0.2, -0.15) is 0 Å². The third kappa shape index (κ3) is 2.14. The van der Waals surface area contributed by atoms with Gasteiger partial charge in [0.05, 0.1) is 18.8 Å². The van der Waals surface area contributed by atoms with E-state index in [1.807, 2.05) is 0 Å². The summed E-state index contributed by atoms with van der Waals surface area (Å²) in [5.41, 5.74) is 8.08. The van der Waals surface area contributed by atoms with Crippen LogP contribution >= 0.6 is 0 Å². The molecule has 1 saturated heterocycles. The highest BCUT2D eigenvalue weighted by Crippen LogP contribution is 2.20. The first-order valence-corrected chi connectivity index (χ1v) is 3.72. The van der Waals surface area contributed by atoms with Crippen molar-refractivity contribution in [1.29, 1.82) is 0 Å². The topological polar surface area (TPSA) is 67.2 Å². The van der Waals surface area contributed by atoms with Gasteiger partial charge in [0, 0.05) is 18.0 Å². The first-order chi connectivity index (χ1) is 5.77. The SMILES string of the molecule is [B][C@H]1CC(OC)[C@@H](CN=[N+]=[N-])O1. The van der Waals surface area contributed by atoms with Gasteiger partial charge >= 0.3 is 0 Å². The van der Waals surface area contributed by atoms with Crippen molar-refractivity contribution in [3.63, 3.8) is 0 Å². The van der Waals surface area contributed by atoms with Crippen molar-refractivity contribution in [2.45, 2.75) is 24.6 Å². The van der Waals surface area contributed by atoms with E-state index in [-0.39, 0.29) is 24.8 Å². The van der Waals surface area contributed by atoms with Crippen LogP contribution in [-0.4, -0.2) is 39.7 Å². The molecule has 2 radical (unpaired) electrons. The first kappa shape index (κ1) is 9.38. The van der Waals surface area contributed by atoms with E-state index in [4.69, 9.17) is 22.9 Å². The third-order valence-corrected chi connectivity index (χ3v) is 1.86. The van der Waals surface area contributed by atoms with Gasteiger partial charge in [0.15, 0.2) is 0 Å². The average molecular weight is 167 g/mol. The van der Waals surface area contributed by atoms with Gasteiger partial charge in [0.25, 0.3) is 0 Å². The van der Waals surface area contributed by atoms with Gasteiger partial charge in [-0.15, -0.1) is 0 Å². The monoisotopic (exact) mass is 167 g/mol. The largest absolute Gasteiger partial charge is 0.382 e. The summed E-state index contributed by atoms with van der Waals surface area (Å²) in [7, 11) is 7.12. The Labute approximate surface area is 72.1 Å². The fraction of sp³-hybridized carbons (Fsp3) is 1.00. The average Bonchev–Trinajstić information content (AvgIpc) is 2.42. The molecule has 1 rings (SSSR count). The number of nitrogens with zero attached hydrogens (tertiary/aromatic N) is 3. The molecule has 1 aliphatic heterocycles. The highest BCUT2D eigenvalue weighted by Gasteiger charge is 2.31. The Morgan fingerprint density at radius 2 is 2.58 bits per heavy atom. The maximum absolute atomic E-state index is 8.08. The van der Waals surface area contributed by atoms with Crippen molar-refractivity contribution in [2.24, 2.45) is 5.11 Å². The Bertz CT molecular complexity index is 195. The molecule has 0 saturated carbocycles. The van der Waals surface area contributed by atoms with Crippen molar-refractivity contribution in [3.05, 3.63) is 10.4 Å². The van der Waals surface area contributed by atoms with Crippen LogP contribution in [0.3, 0.4) is 0 Å². The first-order valence-electron chi connectivity index (χ1n) is 3.72. The smallest absolute Gasteiger partial charge is 0.109 e. The number of hydrogen-bond acceptors (Lipinski definition) is 3. The molecular weight excluding hydrogens is 157 g/mol. The van der Waals surface area contributed by atoms with Crippen molar-refractivity contribution in [1.82, 2.24) is 0 Å². The normalized spacial score (nSPS) is 34.6. The molecule has 0 aromatic heterocycles. The minimum absolute atomic E-state index is 0.0505. The fourth-order valence-corrected chi connectivity index (χ4v) is 1.27. The van der Waals surface area contributed by atoms with Crippen LogP contribution in [0.4, 0.5) is 0 Å². The van der Waals surface area contributed by atoms with Crippen molar-refractivity contribution < 1.29 is 9.47 Å². The van der Waals surface area contributed by atoms with Crippen LogP contribution in [0.25, 0.3) is 10.4 Å². The summed E-state index contributed by atoms with van der Waals surface area (Å²) in [6.45, 7) is 0.280. The predicted octanol–water partition coefficient (Wildman–Crippen LogP) is 0.595. The standard InChI is InChI=1S/C6H10BN3O2/c1-11-4-2-6(7)12-5(4)3-9-10-8/h4-6H,2-3H2,1H3/t4?,5-,6-/m1/s1. The van der Waals surface area contributed by atoms with Crippen LogP contribution in [0.1, 0.15) is 6.42 Å². The summed E-state index contributed by atoms with van der Waals surface area (Å²) >= 11 is 0. The van der Waals surface area contributed by atoms with Crippen LogP contribution in [0.2, 0.25) is 0 Å². The molecule has 3 atom stereocenters. The second kappa shape index (κ2) is 4.35. The number of rotatable bonds is 3. The second-order valence-electron chi connectivity index (χ2n) is 2.64. The molecule has 0 aromatic rings. The molecule has 0 N–H and O–H groups in total. The Kier molecular flexibility index (Phi) is 3.40. The molecule has 0 aromatic carbocycles. The molecule has 64 valence electrons. The zero-order valence-corrected chi connectivity index (χ0v) is 6.88. The minimum Gasteiger partial charge on any atom is -0.382 e. The van der Waals surface area contributed by atoms with Crippen LogP contribution in [0.15, 0.2) is 5.11 Å². The summed E-state index contributed by atoms with van der Waals surface area (Å²) in [5.74, 6) is 0. The fourth-order valence-electron chi connectivity index (χ4n) is 1.27. The van der Waals surface area contributed by atoms with Crippen molar-refractivity contribution in [3.8, 4) is 0 Å². The molecule has 12 heavy (non-hydrogen) atoms. The van der Waals surface area contributed by atoms with E-state index in [9.17, 15) is 0 Å². The number of hydrogen-bond donors (Lipinski definition) is 0. The Morgan fingerprint density at radius 1 is 1.83 bits per heavy atom. The van der Waals surface area contributed by atoms with Gasteiger partial charge in [-0.1, -0.05) is 5.11 Å². The van der Waals surface area contributed by atoms with E-state index >= 15 is 0 Å². The second-order valence-corrected chi connectivity index (χ2v) is 2.64. The van der Waals surface area contributed by atoms with Gasteiger partial charge < -0.3 is 9.47 Å². The Balaban J connectivity index is 2.45. The van der Waals surface area contributed by atoms with E-state index < -0.39 is 0 Å². The van der Waals surface area contributed by atoms with Gasteiger partial charge in [-0.05, 0) is 12.0 Å². The number of methoxy groups -OCH3 is 1. The number of azide groups is 1. The molecule has 0 amide bonds. The van der Waals surface area contributed by atoms with E-state index in [0.717, 1.165) is 0 Å². The van der Waals surface area contributed by atoms with Crippen LogP contribution < -0.4 is 0 Å². The molecule has 0 aliphatic carbocycles. The maximum atomic E-state index is 8.08. The number of ether oxygens (including phenoxy) is 2. The Morgan fingerprint density at radius 3 is 3.17 bits per heavy atom. The van der Waals surface area contributed by atoms with Crippen LogP contribution in [-0.2, 0) is 9.47 Å². The van der Waals surface area contributed by atoms with Gasteiger partial charge in [0.2, 0.25) is 0 Å². The molecule has 1 aliphatic rings. The van der Waals surface area contributed by atoms with Crippen LogP contribution in [0.5, 0.6) is 0 Å². The molecule has 0 spiro atoms. The van der Waals surface area contributed by atoms with Crippen LogP contribution in [0, 0.1) is 0 Å². The molecule has 1 heterocycles. The lowest BCUT2D eigenvalue weighted by molar-refractivity contribution is 0.0155. The maximum Gasteiger partial charge on any atom is 0.109 e. The summed E-state index contributed by atoms with van der Waals surface area (Å²) in [4.78, 5) is 2.64. The van der Waals surface area contributed by atoms with Crippen molar-refractivity contribution >= 4 is 7.85 Å². The highest BCUT2D eigenvalue weighted by atomic mass is 16.6. The summed E-state index contributed by atoms with van der Waals surface area (Å²) in [6, 6.07) is -0.297. The van der Waals surface area contributed by atoms with Gasteiger partial charge in [0.1, 0.15) is 7.85 Å². The summed E-state index contributed by atoms with van der Waals surface area (Å²) in [5, 5.41) is 3.41. The predicted molar refractivity (Wildman–Crippen MR) is 43.8 cm³/mol. The molecule has 6 heteroatoms. The summed E-state index contributed by atoms with van der Waals surface area (Å²) in [6.07, 6.45) is 0.411. The lowest BCUT2D eigenvalue weighted by Crippen LogP contribution is -2.25. The van der Waals surface area contributed by atoms with E-state index in [1.165, 1.54) is 0 Å². The van der Waals surface area contributed by atoms with Gasteiger partial charge in [-0.3, -0.25) is 0 Å². The molecule has 0 bridgehead atoms. The zero-order chi connectivity index (χ0) is 8.97. The molecule has 1 fully saturated rings. The molecule has 5 nitrogen and oxygen atoms in total. The Hall–Kier alpha value is -0.705. The molecular formula is C6H10BN3O2. The highest BCUT2D eigenvalue weighted by molar-refractivity contribution is 6.11. The van der Waals surface area contributed by atoms with Gasteiger partial charge in [-0.25, -0.2) is 0 Å². The van der Waals surface area contributed by atoms with Crippen molar-refractivity contribution in [2.75, 3.05) is 13.7 Å². The summed E-state index contributed by atoms with van der Waals surface area (Å²) < 4.78 is 10.4. The van der Waals surface area contributed by atoms with E-state index in [1.54, 1.807) is 7.11 Å².